The molecule has 0 bridgehead atoms. The molecule has 2 heterocycles. The van der Waals surface area contributed by atoms with Crippen LogP contribution in [-0.4, -0.2) is 21.1 Å². The van der Waals surface area contributed by atoms with Gasteiger partial charge in [-0.2, -0.15) is 18.3 Å². The highest BCUT2D eigenvalue weighted by Crippen LogP contribution is 2.29. The second kappa shape index (κ2) is 4.67. The summed E-state index contributed by atoms with van der Waals surface area (Å²) in [6, 6.07) is 0.975. The minimum absolute atomic E-state index is 0.300. The van der Waals surface area contributed by atoms with Gasteiger partial charge in [-0.25, -0.2) is 9.50 Å². The number of aromatic nitrogens is 3. The van der Waals surface area contributed by atoms with Crippen LogP contribution in [0, 0.1) is 0 Å². The Morgan fingerprint density at radius 1 is 1.44 bits per heavy atom. The van der Waals surface area contributed by atoms with E-state index >= 15 is 0 Å². The van der Waals surface area contributed by atoms with E-state index < -0.39 is 11.9 Å². The highest BCUT2D eigenvalue weighted by molar-refractivity contribution is 5.67. The number of nitrogens with one attached hydrogen (secondary N) is 1. The minimum Gasteiger partial charge on any atom is -0.368 e. The third-order valence-corrected chi connectivity index (χ3v) is 2.32. The fourth-order valence-corrected chi connectivity index (χ4v) is 1.49. The van der Waals surface area contributed by atoms with Crippen molar-refractivity contribution in [3.8, 4) is 0 Å². The summed E-state index contributed by atoms with van der Waals surface area (Å²) in [5, 5.41) is 6.41. The number of hydrogen-bond donors (Lipinski definition) is 1. The molecule has 0 saturated carbocycles. The van der Waals surface area contributed by atoms with Crippen LogP contribution < -0.4 is 5.32 Å². The molecule has 0 aliphatic rings. The monoisotopic (exact) mass is 256 g/mol. The smallest absolute Gasteiger partial charge is 0.368 e. The lowest BCUT2D eigenvalue weighted by atomic mass is 10.3. The van der Waals surface area contributed by atoms with E-state index in [2.05, 4.69) is 22.0 Å². The molecule has 0 radical (unpaired) electrons. The zero-order chi connectivity index (χ0) is 13.2. The van der Waals surface area contributed by atoms with Gasteiger partial charge in [-0.15, -0.1) is 6.58 Å². The molecule has 0 aromatic carbocycles. The summed E-state index contributed by atoms with van der Waals surface area (Å²) < 4.78 is 38.8. The molecule has 2 aromatic rings. The molecule has 1 N–H and O–H groups in total. The molecule has 0 fully saturated rings. The molecule has 0 amide bonds. The average molecular weight is 256 g/mol. The number of halogens is 3. The van der Waals surface area contributed by atoms with Crippen molar-refractivity contribution in [1.82, 2.24) is 14.6 Å². The highest BCUT2D eigenvalue weighted by Gasteiger charge is 2.34. The number of rotatable bonds is 4. The summed E-state index contributed by atoms with van der Waals surface area (Å²) in [6.45, 7) is 4.12. The zero-order valence-electron chi connectivity index (χ0n) is 9.41. The highest BCUT2D eigenvalue weighted by atomic mass is 19.4. The van der Waals surface area contributed by atoms with Gasteiger partial charge >= 0.3 is 6.18 Å². The second-order valence-corrected chi connectivity index (χ2v) is 3.64. The van der Waals surface area contributed by atoms with Crippen LogP contribution in [0.4, 0.5) is 19.0 Å². The molecule has 0 unspecified atom stereocenters. The van der Waals surface area contributed by atoms with Gasteiger partial charge in [0.1, 0.15) is 5.52 Å². The lowest BCUT2D eigenvalue weighted by molar-refractivity contribution is -0.141. The van der Waals surface area contributed by atoms with Gasteiger partial charge in [0.05, 0.1) is 0 Å². The maximum absolute atomic E-state index is 12.5. The summed E-state index contributed by atoms with van der Waals surface area (Å²) in [6.07, 6.45) is 0.734. The van der Waals surface area contributed by atoms with Gasteiger partial charge in [-0.05, 0) is 6.42 Å². The molecule has 2 aromatic heterocycles. The van der Waals surface area contributed by atoms with Crippen molar-refractivity contribution in [2.45, 2.75) is 12.6 Å². The molecule has 0 spiro atoms. The number of nitrogens with zero attached hydrogens (tertiary/aromatic N) is 3. The van der Waals surface area contributed by atoms with Crippen LogP contribution >= 0.6 is 0 Å². The van der Waals surface area contributed by atoms with Crippen molar-refractivity contribution in [1.29, 1.82) is 0 Å². The van der Waals surface area contributed by atoms with Gasteiger partial charge in [0.15, 0.2) is 11.5 Å². The Bertz CT molecular complexity index is 559. The minimum atomic E-state index is -4.45. The van der Waals surface area contributed by atoms with E-state index in [1.165, 1.54) is 12.4 Å². The number of anilines is 1. The van der Waals surface area contributed by atoms with Crippen LogP contribution in [0.15, 0.2) is 31.1 Å². The van der Waals surface area contributed by atoms with Crippen molar-refractivity contribution in [3.05, 3.63) is 36.8 Å². The number of hydrogen-bond acceptors (Lipinski definition) is 3. The first-order chi connectivity index (χ1) is 8.52. The summed E-state index contributed by atoms with van der Waals surface area (Å²) in [5.41, 5.74) is -0.629. The predicted octanol–water partition coefficient (Wildman–Crippen LogP) is 2.74. The van der Waals surface area contributed by atoms with Crippen molar-refractivity contribution in [3.63, 3.8) is 0 Å². The summed E-state index contributed by atoms with van der Waals surface area (Å²) >= 11 is 0. The Morgan fingerprint density at radius 2 is 2.22 bits per heavy atom. The molecule has 7 heteroatoms. The van der Waals surface area contributed by atoms with Crippen LogP contribution in [-0.2, 0) is 6.18 Å². The first-order valence-corrected chi connectivity index (χ1v) is 5.28. The molecular formula is C11H11F3N4. The zero-order valence-corrected chi connectivity index (χ0v) is 9.41. The molecule has 96 valence electrons. The molecule has 4 nitrogen and oxygen atoms in total. The van der Waals surface area contributed by atoms with Gasteiger partial charge < -0.3 is 5.32 Å². The van der Waals surface area contributed by atoms with E-state index in [-0.39, 0.29) is 0 Å². The van der Waals surface area contributed by atoms with Gasteiger partial charge in [-0.3, -0.25) is 0 Å². The van der Waals surface area contributed by atoms with Crippen LogP contribution in [0.25, 0.3) is 5.52 Å². The molecule has 18 heavy (non-hydrogen) atoms. The Balaban J connectivity index is 2.36. The van der Waals surface area contributed by atoms with Gasteiger partial charge in [-0.1, -0.05) is 6.08 Å². The van der Waals surface area contributed by atoms with Crippen molar-refractivity contribution >= 4 is 11.3 Å². The first kappa shape index (κ1) is 12.4. The van der Waals surface area contributed by atoms with E-state index in [1.54, 1.807) is 6.08 Å². The van der Waals surface area contributed by atoms with Crippen molar-refractivity contribution < 1.29 is 13.2 Å². The molecule has 0 aliphatic carbocycles. The number of fused-ring (bicyclic) bond motifs is 1. The molecular weight excluding hydrogens is 245 g/mol. The molecule has 0 aliphatic heterocycles. The summed E-state index contributed by atoms with van der Waals surface area (Å²) in [4.78, 5) is 4.00. The predicted molar refractivity (Wildman–Crippen MR) is 61.3 cm³/mol. The van der Waals surface area contributed by atoms with Gasteiger partial charge in [0, 0.05) is 25.0 Å². The molecule has 0 atom stereocenters. The van der Waals surface area contributed by atoms with Crippen molar-refractivity contribution in [2.24, 2.45) is 0 Å². The maximum atomic E-state index is 12.5. The van der Waals surface area contributed by atoms with Crippen LogP contribution in [0.1, 0.15) is 12.1 Å². The fraction of sp³-hybridized carbons (Fsp3) is 0.273. The van der Waals surface area contributed by atoms with Crippen LogP contribution in [0.3, 0.4) is 0 Å². The quantitative estimate of drug-likeness (QED) is 0.675. The Hall–Kier alpha value is -2.05. The van der Waals surface area contributed by atoms with Crippen LogP contribution in [0.2, 0.25) is 0 Å². The lowest BCUT2D eigenvalue weighted by Crippen LogP contribution is -2.05. The first-order valence-electron chi connectivity index (χ1n) is 5.28. The Labute approximate surface area is 101 Å². The molecule has 2 rings (SSSR count). The topological polar surface area (TPSA) is 42.2 Å². The average Bonchev–Trinajstić information content (AvgIpc) is 2.73. The van der Waals surface area contributed by atoms with E-state index in [0.29, 0.717) is 24.3 Å². The maximum Gasteiger partial charge on any atom is 0.435 e. The Kier molecular flexibility index (Phi) is 3.22. The standard InChI is InChI=1S/C11H11F3N4/c1-2-3-4-15-10-8-7-9(11(12,13)14)17-18(8)6-5-16-10/h2,5-7H,1,3-4H2,(H,15,16). The SMILES string of the molecule is C=CCCNc1nccn2nc(C(F)(F)F)cc12. The second-order valence-electron chi connectivity index (χ2n) is 3.64. The summed E-state index contributed by atoms with van der Waals surface area (Å²) in [7, 11) is 0. The van der Waals surface area contributed by atoms with Crippen LogP contribution in [0.5, 0.6) is 0 Å². The normalized spacial score (nSPS) is 11.7. The third-order valence-electron chi connectivity index (χ3n) is 2.32. The molecule has 0 saturated heterocycles. The lowest BCUT2D eigenvalue weighted by Gasteiger charge is -2.04. The third kappa shape index (κ3) is 2.44. The fourth-order valence-electron chi connectivity index (χ4n) is 1.49. The van der Waals surface area contributed by atoms with E-state index in [1.807, 2.05) is 0 Å². The van der Waals surface area contributed by atoms with Gasteiger partial charge in [0.2, 0.25) is 0 Å². The Morgan fingerprint density at radius 3 is 2.89 bits per heavy atom. The van der Waals surface area contributed by atoms with E-state index in [9.17, 15) is 13.2 Å². The summed E-state index contributed by atoms with van der Waals surface area (Å²) in [5.74, 6) is 0.377. The number of alkyl halides is 3. The van der Waals surface area contributed by atoms with Crippen molar-refractivity contribution in [2.75, 3.05) is 11.9 Å². The van der Waals surface area contributed by atoms with E-state index in [0.717, 1.165) is 10.6 Å². The van der Waals surface area contributed by atoms with Gasteiger partial charge in [0.25, 0.3) is 0 Å². The van der Waals surface area contributed by atoms with E-state index in [4.69, 9.17) is 0 Å². The largest absolute Gasteiger partial charge is 0.435 e.